The van der Waals surface area contributed by atoms with Crippen molar-refractivity contribution < 1.29 is 8.42 Å². The molecule has 0 bridgehead atoms. The van der Waals surface area contributed by atoms with Crippen LogP contribution >= 0.6 is 0 Å². The van der Waals surface area contributed by atoms with E-state index in [2.05, 4.69) is 13.8 Å². The van der Waals surface area contributed by atoms with Gasteiger partial charge >= 0.3 is 0 Å². The zero-order chi connectivity index (χ0) is 16.6. The molecule has 122 valence electrons. The van der Waals surface area contributed by atoms with Gasteiger partial charge in [0.15, 0.2) is 0 Å². The first kappa shape index (κ1) is 16.1. The van der Waals surface area contributed by atoms with E-state index in [0.29, 0.717) is 10.8 Å². The summed E-state index contributed by atoms with van der Waals surface area (Å²) in [4.78, 5) is 0.369. The molecule has 23 heavy (non-hydrogen) atoms. The fourth-order valence-corrected chi connectivity index (χ4v) is 4.98. The highest BCUT2D eigenvalue weighted by atomic mass is 32.2. The van der Waals surface area contributed by atoms with Crippen LogP contribution in [0.1, 0.15) is 31.9 Å². The van der Waals surface area contributed by atoms with Crippen LogP contribution in [0.2, 0.25) is 0 Å². The lowest BCUT2D eigenvalue weighted by atomic mass is 10.0. The number of para-hydroxylation sites is 1. The Morgan fingerprint density at radius 2 is 1.74 bits per heavy atom. The summed E-state index contributed by atoms with van der Waals surface area (Å²) in [5.74, 6) is 0.558. The maximum absolute atomic E-state index is 13.1. The third-order valence-electron chi connectivity index (χ3n) is 4.27. The minimum atomic E-state index is -3.51. The second-order valence-electron chi connectivity index (χ2n) is 6.72. The van der Waals surface area contributed by atoms with E-state index in [9.17, 15) is 8.42 Å². The quantitative estimate of drug-likeness (QED) is 0.849. The van der Waals surface area contributed by atoms with Gasteiger partial charge in [-0.3, -0.25) is 4.31 Å². The van der Waals surface area contributed by atoms with Crippen LogP contribution in [-0.4, -0.2) is 14.5 Å². The lowest BCUT2D eigenvalue weighted by Crippen LogP contribution is -2.35. The summed E-state index contributed by atoms with van der Waals surface area (Å²) in [6.07, 6.45) is 1.73. The third-order valence-corrected chi connectivity index (χ3v) is 6.21. The summed E-state index contributed by atoms with van der Waals surface area (Å²) in [7, 11) is -3.51. The topological polar surface area (TPSA) is 37.4 Å². The number of benzene rings is 2. The van der Waals surface area contributed by atoms with E-state index in [4.69, 9.17) is 0 Å². The van der Waals surface area contributed by atoms with Crippen molar-refractivity contribution in [2.45, 2.75) is 44.6 Å². The van der Waals surface area contributed by atoms with Crippen LogP contribution in [0.5, 0.6) is 0 Å². The number of hydrogen-bond donors (Lipinski definition) is 0. The molecule has 0 spiro atoms. The second kappa shape index (κ2) is 6.00. The summed E-state index contributed by atoms with van der Waals surface area (Å²) in [5.41, 5.74) is 3.08. The van der Waals surface area contributed by atoms with Crippen molar-refractivity contribution in [3.05, 3.63) is 59.7 Å². The molecule has 2 aromatic carbocycles. The molecule has 4 heteroatoms. The molecule has 1 atom stereocenters. The zero-order valence-electron chi connectivity index (χ0n) is 13.9. The number of sulfonamides is 1. The highest BCUT2D eigenvalue weighted by Gasteiger charge is 2.35. The molecular formula is C19H23NO2S. The van der Waals surface area contributed by atoms with Crippen molar-refractivity contribution in [3.8, 4) is 0 Å². The average Bonchev–Trinajstić information content (AvgIpc) is 2.83. The van der Waals surface area contributed by atoms with Crippen LogP contribution < -0.4 is 4.31 Å². The molecule has 1 aliphatic heterocycles. The molecule has 0 aliphatic carbocycles. The van der Waals surface area contributed by atoms with Crippen molar-refractivity contribution >= 4 is 15.7 Å². The SMILES string of the molecule is CC(C)Cc1ccc(S(=O)(=O)N2c3ccccc3C[C@@H]2C)cc1. The molecule has 3 rings (SSSR count). The first-order valence-electron chi connectivity index (χ1n) is 8.11. The third kappa shape index (κ3) is 3.00. The van der Waals surface area contributed by atoms with Gasteiger partial charge in [0.1, 0.15) is 0 Å². The molecule has 0 aromatic heterocycles. The van der Waals surface area contributed by atoms with Crippen molar-refractivity contribution in [1.82, 2.24) is 0 Å². The number of fused-ring (bicyclic) bond motifs is 1. The highest BCUT2D eigenvalue weighted by Crippen LogP contribution is 2.36. The van der Waals surface area contributed by atoms with Gasteiger partial charge in [0.25, 0.3) is 10.0 Å². The highest BCUT2D eigenvalue weighted by molar-refractivity contribution is 7.92. The van der Waals surface area contributed by atoms with Crippen LogP contribution in [0.15, 0.2) is 53.4 Å². The van der Waals surface area contributed by atoms with Crippen LogP contribution in [0.4, 0.5) is 5.69 Å². The lowest BCUT2D eigenvalue weighted by molar-refractivity contribution is 0.584. The Balaban J connectivity index is 1.96. The molecule has 0 saturated carbocycles. The summed E-state index contributed by atoms with van der Waals surface area (Å²) in [5, 5.41) is 0. The van der Waals surface area contributed by atoms with Crippen LogP contribution in [0.3, 0.4) is 0 Å². The minimum Gasteiger partial charge on any atom is -0.263 e. The molecule has 0 amide bonds. The Kier molecular flexibility index (Phi) is 4.19. The van der Waals surface area contributed by atoms with Gasteiger partial charge in [-0.05, 0) is 55.0 Å². The van der Waals surface area contributed by atoms with Crippen LogP contribution in [0, 0.1) is 5.92 Å². The van der Waals surface area contributed by atoms with Gasteiger partial charge in [-0.15, -0.1) is 0 Å². The Morgan fingerprint density at radius 1 is 1.09 bits per heavy atom. The van der Waals surface area contributed by atoms with Gasteiger partial charge in [0.2, 0.25) is 0 Å². The molecule has 0 N–H and O–H groups in total. The number of nitrogens with zero attached hydrogens (tertiary/aromatic N) is 1. The molecule has 3 nitrogen and oxygen atoms in total. The van der Waals surface area contributed by atoms with Gasteiger partial charge in [-0.1, -0.05) is 44.2 Å². The van der Waals surface area contributed by atoms with E-state index < -0.39 is 10.0 Å². The number of rotatable bonds is 4. The molecule has 0 radical (unpaired) electrons. The van der Waals surface area contributed by atoms with Gasteiger partial charge in [-0.25, -0.2) is 8.42 Å². The molecule has 0 unspecified atom stereocenters. The maximum Gasteiger partial charge on any atom is 0.264 e. The molecule has 0 saturated heterocycles. The van der Waals surface area contributed by atoms with Gasteiger partial charge in [-0.2, -0.15) is 0 Å². The standard InChI is InChI=1S/C19H23NO2S/c1-14(2)12-16-8-10-18(11-9-16)23(21,22)20-15(3)13-17-6-4-5-7-19(17)20/h4-11,14-15H,12-13H2,1-3H3/t15-/m0/s1. The summed E-state index contributed by atoms with van der Waals surface area (Å²) < 4.78 is 27.7. The molecule has 1 aliphatic rings. The van der Waals surface area contributed by atoms with Gasteiger partial charge in [0.05, 0.1) is 10.6 Å². The maximum atomic E-state index is 13.1. The Morgan fingerprint density at radius 3 is 2.39 bits per heavy atom. The number of anilines is 1. The van der Waals surface area contributed by atoms with Crippen molar-refractivity contribution in [1.29, 1.82) is 0 Å². The second-order valence-corrected chi connectivity index (χ2v) is 8.54. The summed E-state index contributed by atoms with van der Waals surface area (Å²) in [6, 6.07) is 15.0. The van der Waals surface area contributed by atoms with E-state index in [1.165, 1.54) is 5.56 Å². The Hall–Kier alpha value is -1.81. The monoisotopic (exact) mass is 329 g/mol. The number of hydrogen-bond acceptors (Lipinski definition) is 2. The fraction of sp³-hybridized carbons (Fsp3) is 0.368. The molecular weight excluding hydrogens is 306 g/mol. The lowest BCUT2D eigenvalue weighted by Gasteiger charge is -2.24. The van der Waals surface area contributed by atoms with Gasteiger partial charge in [0, 0.05) is 6.04 Å². The predicted molar refractivity (Wildman–Crippen MR) is 94.3 cm³/mol. The fourth-order valence-electron chi connectivity index (χ4n) is 3.29. The molecule has 0 fully saturated rings. The average molecular weight is 329 g/mol. The van der Waals surface area contributed by atoms with Crippen LogP contribution in [-0.2, 0) is 22.9 Å². The smallest absolute Gasteiger partial charge is 0.263 e. The van der Waals surface area contributed by atoms with Crippen LogP contribution in [0.25, 0.3) is 0 Å². The largest absolute Gasteiger partial charge is 0.264 e. The molecule has 2 aromatic rings. The van der Waals surface area contributed by atoms with E-state index in [1.807, 2.05) is 43.3 Å². The summed E-state index contributed by atoms with van der Waals surface area (Å²) >= 11 is 0. The van der Waals surface area contributed by atoms with Crippen molar-refractivity contribution in [2.75, 3.05) is 4.31 Å². The first-order chi connectivity index (χ1) is 10.9. The van der Waals surface area contributed by atoms with Gasteiger partial charge < -0.3 is 0 Å². The first-order valence-corrected chi connectivity index (χ1v) is 9.55. The van der Waals surface area contributed by atoms with E-state index in [-0.39, 0.29) is 6.04 Å². The summed E-state index contributed by atoms with van der Waals surface area (Å²) in [6.45, 7) is 6.28. The van der Waals surface area contributed by atoms with E-state index >= 15 is 0 Å². The van der Waals surface area contributed by atoms with Crippen molar-refractivity contribution in [2.24, 2.45) is 5.92 Å². The zero-order valence-corrected chi connectivity index (χ0v) is 14.7. The Labute approximate surface area is 139 Å². The van der Waals surface area contributed by atoms with E-state index in [1.54, 1.807) is 16.4 Å². The molecule has 1 heterocycles. The normalized spacial score (nSPS) is 17.6. The predicted octanol–water partition coefficient (Wildman–Crippen LogP) is 4.03. The van der Waals surface area contributed by atoms with Crippen molar-refractivity contribution in [3.63, 3.8) is 0 Å². The minimum absolute atomic E-state index is 0.0484. The van der Waals surface area contributed by atoms with E-state index in [0.717, 1.165) is 24.1 Å². The Bertz CT molecular complexity index is 794.